The van der Waals surface area contributed by atoms with Crippen molar-refractivity contribution in [3.63, 3.8) is 0 Å². The first-order valence-corrected chi connectivity index (χ1v) is 13.5. The summed E-state index contributed by atoms with van der Waals surface area (Å²) in [5, 5.41) is 13.7. The molecule has 2 N–H and O–H groups in total. The zero-order valence-electron chi connectivity index (χ0n) is 24.1. The minimum atomic E-state index is -0.317. The molecule has 214 valence electrons. The number of carbonyl (C=O) groups is 1. The van der Waals surface area contributed by atoms with Gasteiger partial charge in [0.2, 0.25) is 5.91 Å². The van der Waals surface area contributed by atoms with Crippen molar-refractivity contribution in [1.29, 1.82) is 5.26 Å². The van der Waals surface area contributed by atoms with Gasteiger partial charge in [0.1, 0.15) is 28.5 Å². The Morgan fingerprint density at radius 2 is 2.05 bits per heavy atom. The quantitative estimate of drug-likeness (QED) is 0.352. The lowest BCUT2D eigenvalue weighted by Crippen LogP contribution is -2.68. The molecular formula is C29H40N8O3. The van der Waals surface area contributed by atoms with Gasteiger partial charge in [-0.05, 0) is 39.9 Å². The number of ether oxygens (including phenoxy) is 2. The first-order chi connectivity index (χ1) is 19.2. The number of nitrogens with zero attached hydrogens (tertiary/aromatic N) is 7. The van der Waals surface area contributed by atoms with Crippen molar-refractivity contribution < 1.29 is 14.3 Å². The lowest BCUT2D eigenvalue weighted by atomic mass is 9.91. The van der Waals surface area contributed by atoms with E-state index in [-0.39, 0.29) is 17.6 Å². The normalized spacial score (nSPS) is 18.9. The van der Waals surface area contributed by atoms with Gasteiger partial charge in [-0.3, -0.25) is 9.79 Å². The minimum Gasteiger partial charge on any atom is -0.494 e. The highest BCUT2D eigenvalue weighted by atomic mass is 16.5. The van der Waals surface area contributed by atoms with E-state index in [1.54, 1.807) is 31.0 Å². The standard InChI is InChI=1S/C29H40N8O3/c1-21(25(15-31)22-13-26(39-4)28-23(14-30)16-32-37(28)17-22)33-24-8-11-35(12-9-24)18-29(40-5)19-36(20-29)27(38)7-6-10-34(2)3/h6-7,13,15-17,24H,8-12,18-20,31H2,1-5H3/b7-6+,25-15+,33-21?. The van der Waals surface area contributed by atoms with E-state index >= 15 is 0 Å². The van der Waals surface area contributed by atoms with E-state index < -0.39 is 0 Å². The first-order valence-electron chi connectivity index (χ1n) is 13.5. The third-order valence-corrected chi connectivity index (χ3v) is 7.66. The Balaban J connectivity index is 1.35. The molecule has 0 bridgehead atoms. The average Bonchev–Trinajstić information content (AvgIpc) is 3.34. The molecule has 2 aliphatic heterocycles. The van der Waals surface area contributed by atoms with Crippen molar-refractivity contribution in [3.8, 4) is 11.8 Å². The predicted octanol–water partition coefficient (Wildman–Crippen LogP) is 1.78. The van der Waals surface area contributed by atoms with Crippen LogP contribution < -0.4 is 10.5 Å². The SMILES string of the molecule is COc1cc(/C(=C/N)C(C)=NC2CCN(CC3(OC)CN(C(=O)/C=C/CN(C)C)C3)CC2)cn2ncc(C#N)c12. The van der Waals surface area contributed by atoms with Crippen molar-refractivity contribution >= 4 is 22.7 Å². The summed E-state index contributed by atoms with van der Waals surface area (Å²) in [5.41, 5.74) is 9.28. The number of likely N-dealkylation sites (N-methyl/N-ethyl adjacent to an activating group) is 1. The molecule has 1 amide bonds. The second kappa shape index (κ2) is 12.6. The van der Waals surface area contributed by atoms with Crippen LogP contribution in [0.5, 0.6) is 5.75 Å². The Hall–Kier alpha value is -3.72. The van der Waals surface area contributed by atoms with Crippen LogP contribution in [0.1, 0.15) is 30.9 Å². The van der Waals surface area contributed by atoms with Crippen LogP contribution in [0.4, 0.5) is 0 Å². The van der Waals surface area contributed by atoms with E-state index in [2.05, 4.69) is 16.1 Å². The molecule has 40 heavy (non-hydrogen) atoms. The summed E-state index contributed by atoms with van der Waals surface area (Å²) in [5.74, 6) is 0.594. The summed E-state index contributed by atoms with van der Waals surface area (Å²) in [7, 11) is 7.26. The minimum absolute atomic E-state index is 0.0386. The molecular weight excluding hydrogens is 508 g/mol. The van der Waals surface area contributed by atoms with Crippen molar-refractivity contribution in [1.82, 2.24) is 24.3 Å². The molecule has 2 fully saturated rings. The van der Waals surface area contributed by atoms with Crippen LogP contribution in [0.3, 0.4) is 0 Å². The topological polar surface area (TPSA) is 125 Å². The summed E-state index contributed by atoms with van der Waals surface area (Å²) in [6.45, 7) is 6.55. The maximum absolute atomic E-state index is 12.4. The number of amides is 1. The van der Waals surface area contributed by atoms with E-state index in [0.717, 1.165) is 55.9 Å². The predicted molar refractivity (Wildman–Crippen MR) is 155 cm³/mol. The number of nitrogens with two attached hydrogens (primary N) is 1. The number of methoxy groups -OCH3 is 2. The summed E-state index contributed by atoms with van der Waals surface area (Å²) in [6.07, 6.45) is 10.3. The number of likely N-dealkylation sites (tertiary alicyclic amines) is 2. The van der Waals surface area contributed by atoms with Crippen LogP contribution in [0.15, 0.2) is 41.8 Å². The number of piperidine rings is 1. The van der Waals surface area contributed by atoms with E-state index in [1.165, 1.54) is 6.20 Å². The highest BCUT2D eigenvalue weighted by Crippen LogP contribution is 2.30. The number of rotatable bonds is 10. The molecule has 11 heteroatoms. The Morgan fingerprint density at radius 1 is 1.32 bits per heavy atom. The second-order valence-electron chi connectivity index (χ2n) is 10.8. The summed E-state index contributed by atoms with van der Waals surface area (Å²) in [4.78, 5) is 23.7. The van der Waals surface area contributed by atoms with Crippen LogP contribution in [0.2, 0.25) is 0 Å². The number of hydrogen-bond acceptors (Lipinski definition) is 9. The van der Waals surface area contributed by atoms with Gasteiger partial charge in [0.15, 0.2) is 0 Å². The van der Waals surface area contributed by atoms with E-state index in [9.17, 15) is 10.1 Å². The van der Waals surface area contributed by atoms with Crippen LogP contribution in [0.25, 0.3) is 11.1 Å². The summed E-state index contributed by atoms with van der Waals surface area (Å²) < 4.78 is 13.1. The van der Waals surface area contributed by atoms with Crippen molar-refractivity contribution in [2.45, 2.75) is 31.4 Å². The van der Waals surface area contributed by atoms with Crippen LogP contribution in [-0.4, -0.2) is 115 Å². The van der Waals surface area contributed by atoms with Gasteiger partial charge in [0.05, 0.1) is 32.4 Å². The zero-order valence-corrected chi connectivity index (χ0v) is 24.1. The molecule has 0 unspecified atom stereocenters. The summed E-state index contributed by atoms with van der Waals surface area (Å²) in [6, 6.07) is 4.21. The highest BCUT2D eigenvalue weighted by Gasteiger charge is 2.46. The smallest absolute Gasteiger partial charge is 0.246 e. The molecule has 0 radical (unpaired) electrons. The van der Waals surface area contributed by atoms with Gasteiger partial charge in [-0.1, -0.05) is 6.08 Å². The second-order valence-corrected chi connectivity index (χ2v) is 10.8. The van der Waals surface area contributed by atoms with E-state index in [4.69, 9.17) is 20.2 Å². The number of aromatic nitrogens is 2. The van der Waals surface area contributed by atoms with Gasteiger partial charge in [-0.25, -0.2) is 4.52 Å². The fraction of sp³-hybridized carbons (Fsp3) is 0.517. The van der Waals surface area contributed by atoms with Gasteiger partial charge in [0.25, 0.3) is 0 Å². The molecule has 0 saturated carbocycles. The molecule has 0 atom stereocenters. The third-order valence-electron chi connectivity index (χ3n) is 7.66. The molecule has 0 spiro atoms. The summed E-state index contributed by atoms with van der Waals surface area (Å²) >= 11 is 0. The molecule has 0 aromatic carbocycles. The molecule has 2 aromatic heterocycles. The zero-order chi connectivity index (χ0) is 28.9. The lowest BCUT2D eigenvalue weighted by molar-refractivity contribution is -0.162. The molecule has 2 aliphatic rings. The Kier molecular flexibility index (Phi) is 9.25. The number of hydrogen-bond donors (Lipinski definition) is 1. The van der Waals surface area contributed by atoms with Gasteiger partial charge in [0, 0.05) is 68.6 Å². The monoisotopic (exact) mass is 548 g/mol. The fourth-order valence-corrected chi connectivity index (χ4v) is 5.42. The third kappa shape index (κ3) is 6.36. The number of pyridine rings is 1. The Bertz CT molecular complexity index is 1340. The maximum atomic E-state index is 12.4. The van der Waals surface area contributed by atoms with Crippen LogP contribution >= 0.6 is 0 Å². The van der Waals surface area contributed by atoms with Gasteiger partial charge in [-0.15, -0.1) is 0 Å². The first kappa shape index (κ1) is 29.3. The molecule has 0 aliphatic carbocycles. The van der Waals surface area contributed by atoms with Crippen LogP contribution in [0, 0.1) is 11.3 Å². The number of aliphatic imine (C=N–C) groups is 1. The fourth-order valence-electron chi connectivity index (χ4n) is 5.42. The highest BCUT2D eigenvalue weighted by molar-refractivity contribution is 6.22. The molecule has 4 heterocycles. The lowest BCUT2D eigenvalue weighted by Gasteiger charge is -2.51. The largest absolute Gasteiger partial charge is 0.494 e. The molecule has 2 saturated heterocycles. The Labute approximate surface area is 236 Å². The Morgan fingerprint density at radius 3 is 2.65 bits per heavy atom. The molecule has 11 nitrogen and oxygen atoms in total. The van der Waals surface area contributed by atoms with Gasteiger partial charge < -0.3 is 29.9 Å². The number of nitriles is 1. The van der Waals surface area contributed by atoms with E-state index in [0.29, 0.717) is 29.9 Å². The van der Waals surface area contributed by atoms with Crippen molar-refractivity contribution in [2.24, 2.45) is 10.7 Å². The molecule has 4 rings (SSSR count). The number of allylic oxidation sites excluding steroid dienone is 1. The van der Waals surface area contributed by atoms with Crippen LogP contribution in [-0.2, 0) is 9.53 Å². The van der Waals surface area contributed by atoms with Gasteiger partial charge in [-0.2, -0.15) is 10.4 Å². The maximum Gasteiger partial charge on any atom is 0.246 e. The van der Waals surface area contributed by atoms with Crippen molar-refractivity contribution in [2.75, 3.05) is 67.6 Å². The van der Waals surface area contributed by atoms with Crippen molar-refractivity contribution in [3.05, 3.63) is 47.9 Å². The van der Waals surface area contributed by atoms with E-state index in [1.807, 2.05) is 49.2 Å². The number of fused-ring (bicyclic) bond motifs is 1. The molecule has 2 aromatic rings. The number of carbonyl (C=O) groups excluding carboxylic acids is 1. The van der Waals surface area contributed by atoms with Gasteiger partial charge >= 0.3 is 0 Å². The average molecular weight is 549 g/mol.